The van der Waals surface area contributed by atoms with Crippen LogP contribution in [0.15, 0.2) is 0 Å². The van der Waals surface area contributed by atoms with Crippen LogP contribution in [-0.4, -0.2) is 25.7 Å². The minimum Gasteiger partial charge on any atom is -0.634 e. The maximum absolute atomic E-state index is 11.4. The van der Waals surface area contributed by atoms with E-state index in [1.165, 1.54) is 0 Å². The smallest absolute Gasteiger partial charge is 0.315 e. The van der Waals surface area contributed by atoms with Crippen molar-refractivity contribution in [1.82, 2.24) is 0 Å². The molecule has 0 amide bonds. The van der Waals surface area contributed by atoms with Gasteiger partial charge in [-0.2, -0.15) is 0 Å². The first kappa shape index (κ1) is 10.5. The molecule has 4 heteroatoms. The van der Waals surface area contributed by atoms with E-state index in [2.05, 4.69) is 0 Å². The monoisotopic (exact) mass is 187 g/mol. The van der Waals surface area contributed by atoms with Crippen LogP contribution >= 0.6 is 0 Å². The summed E-state index contributed by atoms with van der Waals surface area (Å²) in [5.41, 5.74) is 0. The van der Waals surface area contributed by atoms with E-state index in [9.17, 15) is 10.0 Å². The van der Waals surface area contributed by atoms with Gasteiger partial charge >= 0.3 is 5.97 Å². The molecule has 76 valence electrons. The summed E-state index contributed by atoms with van der Waals surface area (Å²) >= 11 is 0. The van der Waals surface area contributed by atoms with Crippen molar-refractivity contribution in [2.24, 2.45) is 11.8 Å². The quantitative estimate of drug-likeness (QED) is 0.482. The molecule has 1 aliphatic rings. The number of carbonyl (C=O) groups excluding carboxylic acids is 1. The van der Waals surface area contributed by atoms with Gasteiger partial charge in [-0.15, -0.1) is 0 Å². The van der Waals surface area contributed by atoms with Gasteiger partial charge in [0.05, 0.1) is 19.7 Å². The van der Waals surface area contributed by atoms with Gasteiger partial charge in [0.2, 0.25) is 0 Å². The third kappa shape index (κ3) is 2.42. The average Bonchev–Trinajstić information content (AvgIpc) is 2.47. The Morgan fingerprint density at radius 2 is 2.23 bits per heavy atom. The number of quaternary nitrogens is 1. The van der Waals surface area contributed by atoms with Crippen molar-refractivity contribution in [1.29, 1.82) is 0 Å². The zero-order valence-electron chi connectivity index (χ0n) is 8.21. The van der Waals surface area contributed by atoms with Gasteiger partial charge in [-0.25, -0.2) is 0 Å². The fourth-order valence-electron chi connectivity index (χ4n) is 1.88. The predicted molar refractivity (Wildman–Crippen MR) is 48.0 cm³/mol. The molecule has 1 aliphatic heterocycles. The molecule has 0 spiro atoms. The van der Waals surface area contributed by atoms with Crippen LogP contribution in [0.1, 0.15) is 20.3 Å². The van der Waals surface area contributed by atoms with E-state index in [1.54, 1.807) is 6.92 Å². The Kier molecular flexibility index (Phi) is 3.69. The van der Waals surface area contributed by atoms with Crippen molar-refractivity contribution >= 4 is 5.97 Å². The van der Waals surface area contributed by atoms with E-state index in [1.807, 2.05) is 6.92 Å². The highest BCUT2D eigenvalue weighted by Gasteiger charge is 2.37. The second-order valence-electron chi connectivity index (χ2n) is 3.47. The maximum Gasteiger partial charge on any atom is 0.315 e. The van der Waals surface area contributed by atoms with Crippen LogP contribution in [0.25, 0.3) is 0 Å². The molecule has 0 aromatic rings. The Morgan fingerprint density at radius 3 is 2.77 bits per heavy atom. The van der Waals surface area contributed by atoms with Crippen LogP contribution in [-0.2, 0) is 9.53 Å². The van der Waals surface area contributed by atoms with Crippen molar-refractivity contribution < 1.29 is 14.6 Å². The molecule has 0 bridgehead atoms. The molecule has 0 aromatic carbocycles. The Morgan fingerprint density at radius 1 is 1.54 bits per heavy atom. The van der Waals surface area contributed by atoms with E-state index in [0.29, 0.717) is 19.7 Å². The van der Waals surface area contributed by atoms with Crippen LogP contribution < -0.4 is 5.06 Å². The second-order valence-corrected chi connectivity index (χ2v) is 3.47. The lowest BCUT2D eigenvalue weighted by molar-refractivity contribution is -0.836. The topological polar surface area (TPSA) is 53.8 Å². The molecule has 1 rings (SSSR count). The van der Waals surface area contributed by atoms with Gasteiger partial charge in [0.15, 0.2) is 0 Å². The van der Waals surface area contributed by atoms with E-state index in [0.717, 1.165) is 6.42 Å². The fourth-order valence-corrected chi connectivity index (χ4v) is 1.88. The molecule has 1 N–H and O–H groups in total. The van der Waals surface area contributed by atoms with Gasteiger partial charge in [-0.3, -0.25) is 4.79 Å². The summed E-state index contributed by atoms with van der Waals surface area (Å²) in [7, 11) is 0. The molecule has 1 saturated heterocycles. The number of esters is 1. The summed E-state index contributed by atoms with van der Waals surface area (Å²) in [5.74, 6) is -0.149. The third-order valence-corrected chi connectivity index (χ3v) is 2.62. The van der Waals surface area contributed by atoms with Gasteiger partial charge in [0, 0.05) is 5.92 Å². The largest absolute Gasteiger partial charge is 0.634 e. The molecular formula is C9H17NO3. The first-order chi connectivity index (χ1) is 6.19. The number of hydroxylamine groups is 2. The zero-order valence-corrected chi connectivity index (χ0v) is 8.21. The Labute approximate surface area is 78.4 Å². The summed E-state index contributed by atoms with van der Waals surface area (Å²) in [4.78, 5) is 11.4. The van der Waals surface area contributed by atoms with E-state index >= 15 is 0 Å². The molecular weight excluding hydrogens is 170 g/mol. The minimum absolute atomic E-state index is 0.169. The summed E-state index contributed by atoms with van der Waals surface area (Å²) in [6.07, 6.45) is 0.884. The molecule has 1 fully saturated rings. The molecule has 3 atom stereocenters. The number of carbonyl (C=O) groups is 1. The lowest BCUT2D eigenvalue weighted by atomic mass is 9.94. The van der Waals surface area contributed by atoms with Crippen LogP contribution in [0.5, 0.6) is 0 Å². The van der Waals surface area contributed by atoms with Gasteiger partial charge in [-0.1, -0.05) is 6.92 Å². The number of nitrogens with one attached hydrogen (secondary N) is 1. The Bertz CT molecular complexity index is 184. The molecule has 0 saturated carbocycles. The van der Waals surface area contributed by atoms with Crippen molar-refractivity contribution in [3.8, 4) is 0 Å². The number of hydrogen-bond donors (Lipinski definition) is 1. The molecule has 13 heavy (non-hydrogen) atoms. The number of rotatable bonds is 3. The summed E-state index contributed by atoms with van der Waals surface area (Å²) in [5, 5.41) is 11.3. The normalized spacial score (nSPS) is 33.3. The highest BCUT2D eigenvalue weighted by molar-refractivity contribution is 5.73. The van der Waals surface area contributed by atoms with Crippen molar-refractivity contribution in [2.45, 2.75) is 20.3 Å². The number of hydrogen-bond acceptors (Lipinski definition) is 3. The highest BCUT2D eigenvalue weighted by Crippen LogP contribution is 2.18. The Hall–Kier alpha value is -0.610. The minimum atomic E-state index is -0.194. The summed E-state index contributed by atoms with van der Waals surface area (Å²) < 4.78 is 4.92. The van der Waals surface area contributed by atoms with Crippen molar-refractivity contribution in [3.63, 3.8) is 0 Å². The van der Waals surface area contributed by atoms with Crippen molar-refractivity contribution in [3.05, 3.63) is 5.21 Å². The summed E-state index contributed by atoms with van der Waals surface area (Å²) in [6, 6.07) is 0. The zero-order chi connectivity index (χ0) is 9.84. The van der Waals surface area contributed by atoms with E-state index < -0.39 is 0 Å². The van der Waals surface area contributed by atoms with Crippen LogP contribution in [0.2, 0.25) is 0 Å². The standard InChI is InChI=1S/C9H17NO3/c1-3-7-5-10(12)6-8(7)9(11)13-4-2/h7-8,10H,3-6H2,1-2H3. The van der Waals surface area contributed by atoms with Gasteiger partial charge < -0.3 is 15.0 Å². The van der Waals surface area contributed by atoms with Crippen molar-refractivity contribution in [2.75, 3.05) is 19.7 Å². The van der Waals surface area contributed by atoms with Crippen LogP contribution in [0.4, 0.5) is 0 Å². The molecule has 0 radical (unpaired) electrons. The lowest BCUT2D eigenvalue weighted by Crippen LogP contribution is -3.05. The molecule has 3 unspecified atom stereocenters. The lowest BCUT2D eigenvalue weighted by Gasteiger charge is -2.14. The van der Waals surface area contributed by atoms with E-state index in [4.69, 9.17) is 4.74 Å². The molecule has 0 aromatic heterocycles. The molecule has 1 heterocycles. The summed E-state index contributed by atoms with van der Waals surface area (Å²) in [6.45, 7) is 5.14. The molecule has 4 nitrogen and oxygen atoms in total. The molecule has 0 aliphatic carbocycles. The second kappa shape index (κ2) is 4.58. The number of ether oxygens (including phenoxy) is 1. The first-order valence-electron chi connectivity index (χ1n) is 4.87. The first-order valence-corrected chi connectivity index (χ1v) is 4.87. The van der Waals surface area contributed by atoms with E-state index in [-0.39, 0.29) is 22.9 Å². The Balaban J connectivity index is 2.52. The van der Waals surface area contributed by atoms with Crippen LogP contribution in [0.3, 0.4) is 0 Å². The van der Waals surface area contributed by atoms with Gasteiger partial charge in [0.1, 0.15) is 5.92 Å². The van der Waals surface area contributed by atoms with Gasteiger partial charge in [-0.05, 0) is 13.3 Å². The highest BCUT2D eigenvalue weighted by atomic mass is 16.5. The average molecular weight is 187 g/mol. The van der Waals surface area contributed by atoms with Gasteiger partial charge in [0.25, 0.3) is 0 Å². The SMILES string of the molecule is CCOC(=O)C1C[NH+]([O-])CC1CC. The third-order valence-electron chi connectivity index (χ3n) is 2.62. The maximum atomic E-state index is 11.4. The fraction of sp³-hybridized carbons (Fsp3) is 0.889. The van der Waals surface area contributed by atoms with Crippen LogP contribution in [0, 0.1) is 17.0 Å². The predicted octanol–water partition coefficient (Wildman–Crippen LogP) is -0.412.